The van der Waals surface area contributed by atoms with Gasteiger partial charge in [0.15, 0.2) is 0 Å². The van der Waals surface area contributed by atoms with Crippen LogP contribution in [-0.2, 0) is 14.3 Å². The molecule has 0 bridgehead atoms. The van der Waals surface area contributed by atoms with E-state index in [1.807, 2.05) is 0 Å². The van der Waals surface area contributed by atoms with Crippen molar-refractivity contribution in [3.63, 3.8) is 0 Å². The Labute approximate surface area is 94.3 Å². The molecule has 3 atom stereocenters. The molecule has 2 aliphatic heterocycles. The molecule has 3 N–H and O–H groups in total. The van der Waals surface area contributed by atoms with Crippen molar-refractivity contribution in [2.75, 3.05) is 39.6 Å². The molecule has 92 valence electrons. The zero-order valence-electron chi connectivity index (χ0n) is 9.17. The highest BCUT2D eigenvalue weighted by atomic mass is 16.5. The van der Waals surface area contributed by atoms with Gasteiger partial charge in [-0.3, -0.25) is 4.79 Å². The van der Waals surface area contributed by atoms with E-state index in [0.29, 0.717) is 33.0 Å². The van der Waals surface area contributed by atoms with Crippen molar-refractivity contribution in [1.82, 2.24) is 4.90 Å². The molecule has 16 heavy (non-hydrogen) atoms. The molecule has 0 radical (unpaired) electrons. The van der Waals surface area contributed by atoms with Crippen molar-refractivity contribution >= 4 is 5.91 Å². The van der Waals surface area contributed by atoms with Gasteiger partial charge in [0.25, 0.3) is 0 Å². The molecule has 0 aromatic carbocycles. The predicted molar refractivity (Wildman–Crippen MR) is 55.7 cm³/mol. The number of nitrogens with two attached hydrogens (primary N) is 1. The first-order chi connectivity index (χ1) is 7.74. The molecule has 2 aliphatic rings. The summed E-state index contributed by atoms with van der Waals surface area (Å²) in [6.07, 6.45) is 0. The van der Waals surface area contributed by atoms with Crippen molar-refractivity contribution in [3.8, 4) is 0 Å². The number of ether oxygens (including phenoxy) is 2. The molecule has 0 spiro atoms. The van der Waals surface area contributed by atoms with E-state index in [1.54, 1.807) is 4.90 Å². The quantitative estimate of drug-likeness (QED) is 0.583. The van der Waals surface area contributed by atoms with Crippen LogP contribution in [0.4, 0.5) is 0 Å². The lowest BCUT2D eigenvalue weighted by Gasteiger charge is -2.36. The van der Waals surface area contributed by atoms with E-state index in [2.05, 4.69) is 0 Å². The summed E-state index contributed by atoms with van der Waals surface area (Å²) in [5.41, 5.74) is 5.81. The Morgan fingerprint density at radius 3 is 2.81 bits per heavy atom. The van der Waals surface area contributed by atoms with Gasteiger partial charge in [0.2, 0.25) is 5.91 Å². The molecule has 2 heterocycles. The Balaban J connectivity index is 2.01. The minimum atomic E-state index is -0.271. The molecule has 0 aromatic heterocycles. The molecule has 0 aliphatic carbocycles. The molecule has 0 saturated carbocycles. The summed E-state index contributed by atoms with van der Waals surface area (Å²) in [7, 11) is 0. The third-order valence-electron chi connectivity index (χ3n) is 3.16. The number of rotatable bonds is 2. The van der Waals surface area contributed by atoms with Crippen LogP contribution < -0.4 is 5.73 Å². The number of carbonyl (C=O) groups is 1. The monoisotopic (exact) mass is 230 g/mol. The van der Waals surface area contributed by atoms with Crippen LogP contribution in [0.25, 0.3) is 0 Å². The fourth-order valence-corrected chi connectivity index (χ4v) is 2.13. The molecule has 6 nitrogen and oxygen atoms in total. The van der Waals surface area contributed by atoms with E-state index in [4.69, 9.17) is 15.2 Å². The highest BCUT2D eigenvalue weighted by Crippen LogP contribution is 2.18. The van der Waals surface area contributed by atoms with E-state index in [0.717, 1.165) is 0 Å². The van der Waals surface area contributed by atoms with Gasteiger partial charge in [-0.05, 0) is 0 Å². The third-order valence-corrected chi connectivity index (χ3v) is 3.16. The number of aliphatic hydroxyl groups excluding tert-OH is 1. The molecular formula is C10H18N2O4. The van der Waals surface area contributed by atoms with E-state index in [1.165, 1.54) is 0 Å². The second kappa shape index (κ2) is 5.09. The van der Waals surface area contributed by atoms with Crippen molar-refractivity contribution in [1.29, 1.82) is 0 Å². The van der Waals surface area contributed by atoms with E-state index in [-0.39, 0.29) is 30.5 Å². The average Bonchev–Trinajstić information content (AvgIpc) is 2.74. The fourth-order valence-electron chi connectivity index (χ4n) is 2.13. The fraction of sp³-hybridized carbons (Fsp3) is 0.900. The minimum absolute atomic E-state index is 0.0210. The minimum Gasteiger partial charge on any atom is -0.394 e. The predicted octanol–water partition coefficient (Wildman–Crippen LogP) is -1.82. The first-order valence-corrected chi connectivity index (χ1v) is 5.56. The van der Waals surface area contributed by atoms with E-state index < -0.39 is 0 Å². The standard InChI is InChI=1S/C10H18N2O4/c11-9-6-16-5-8(9)10(14)12-1-2-15-4-7(12)3-13/h7-9,13H,1-6,11H2. The molecule has 3 unspecified atom stereocenters. The third kappa shape index (κ3) is 2.20. The summed E-state index contributed by atoms with van der Waals surface area (Å²) in [5.74, 6) is -0.292. The van der Waals surface area contributed by atoms with Gasteiger partial charge in [-0.15, -0.1) is 0 Å². The number of hydrogen-bond donors (Lipinski definition) is 2. The molecule has 2 rings (SSSR count). The number of nitrogens with zero attached hydrogens (tertiary/aromatic N) is 1. The van der Waals surface area contributed by atoms with Gasteiger partial charge >= 0.3 is 0 Å². The highest BCUT2D eigenvalue weighted by Gasteiger charge is 2.37. The van der Waals surface area contributed by atoms with Crippen LogP contribution in [0, 0.1) is 5.92 Å². The van der Waals surface area contributed by atoms with Crippen LogP contribution in [-0.4, -0.2) is 67.6 Å². The summed E-state index contributed by atoms with van der Waals surface area (Å²) in [6.45, 7) is 2.18. The Hall–Kier alpha value is -0.690. The second-order valence-electron chi connectivity index (χ2n) is 4.25. The SMILES string of the molecule is NC1COCC1C(=O)N1CCOCC1CO. The summed E-state index contributed by atoms with van der Waals surface area (Å²) in [5, 5.41) is 9.18. The van der Waals surface area contributed by atoms with Crippen molar-refractivity contribution in [2.24, 2.45) is 11.7 Å². The van der Waals surface area contributed by atoms with Gasteiger partial charge < -0.3 is 25.2 Å². The number of carbonyl (C=O) groups excluding carboxylic acids is 1. The van der Waals surface area contributed by atoms with Crippen LogP contribution in [0.1, 0.15) is 0 Å². The number of amides is 1. The number of morpholine rings is 1. The van der Waals surface area contributed by atoms with Crippen molar-refractivity contribution in [3.05, 3.63) is 0 Å². The highest BCUT2D eigenvalue weighted by molar-refractivity contribution is 5.80. The first kappa shape index (κ1) is 11.8. The Morgan fingerprint density at radius 2 is 2.19 bits per heavy atom. The normalized spacial score (nSPS) is 35.4. The van der Waals surface area contributed by atoms with Crippen LogP contribution in [0.2, 0.25) is 0 Å². The zero-order valence-corrected chi connectivity index (χ0v) is 9.17. The molecule has 0 aromatic rings. The summed E-state index contributed by atoms with van der Waals surface area (Å²) < 4.78 is 10.4. The van der Waals surface area contributed by atoms with Crippen LogP contribution in [0.5, 0.6) is 0 Å². The number of hydrogen-bond acceptors (Lipinski definition) is 5. The summed E-state index contributed by atoms with van der Waals surface area (Å²) in [6, 6.07) is -0.469. The summed E-state index contributed by atoms with van der Waals surface area (Å²) >= 11 is 0. The van der Waals surface area contributed by atoms with Gasteiger partial charge in [-0.25, -0.2) is 0 Å². The van der Waals surface area contributed by atoms with E-state index >= 15 is 0 Å². The van der Waals surface area contributed by atoms with Crippen LogP contribution in [0.15, 0.2) is 0 Å². The van der Waals surface area contributed by atoms with Crippen LogP contribution >= 0.6 is 0 Å². The number of aliphatic hydroxyl groups is 1. The van der Waals surface area contributed by atoms with Gasteiger partial charge in [-0.1, -0.05) is 0 Å². The van der Waals surface area contributed by atoms with Gasteiger partial charge in [0.1, 0.15) is 0 Å². The topological polar surface area (TPSA) is 85.0 Å². The molecule has 2 saturated heterocycles. The van der Waals surface area contributed by atoms with Gasteiger partial charge in [-0.2, -0.15) is 0 Å². The average molecular weight is 230 g/mol. The molecule has 6 heteroatoms. The first-order valence-electron chi connectivity index (χ1n) is 5.56. The second-order valence-corrected chi connectivity index (χ2v) is 4.25. The van der Waals surface area contributed by atoms with Gasteiger partial charge in [0.05, 0.1) is 45.0 Å². The maximum absolute atomic E-state index is 12.2. The molecule has 2 fully saturated rings. The Bertz CT molecular complexity index is 261. The Morgan fingerprint density at radius 1 is 1.38 bits per heavy atom. The molecule has 1 amide bonds. The zero-order chi connectivity index (χ0) is 11.5. The van der Waals surface area contributed by atoms with Gasteiger partial charge in [0, 0.05) is 12.6 Å². The molecular weight excluding hydrogens is 212 g/mol. The summed E-state index contributed by atoms with van der Waals surface area (Å²) in [4.78, 5) is 13.8. The van der Waals surface area contributed by atoms with Crippen molar-refractivity contribution < 1.29 is 19.4 Å². The van der Waals surface area contributed by atoms with Crippen molar-refractivity contribution in [2.45, 2.75) is 12.1 Å². The van der Waals surface area contributed by atoms with E-state index in [9.17, 15) is 9.90 Å². The largest absolute Gasteiger partial charge is 0.394 e. The lowest BCUT2D eigenvalue weighted by Crippen LogP contribution is -2.54. The lowest BCUT2D eigenvalue weighted by atomic mass is 10.0. The van der Waals surface area contributed by atoms with Crippen LogP contribution in [0.3, 0.4) is 0 Å². The Kier molecular flexibility index (Phi) is 3.75. The maximum Gasteiger partial charge on any atom is 0.230 e. The smallest absolute Gasteiger partial charge is 0.230 e. The maximum atomic E-state index is 12.2. The lowest BCUT2D eigenvalue weighted by molar-refractivity contribution is -0.146.